The molecule has 8 nitrogen and oxygen atoms in total. The molecule has 0 atom stereocenters. The van der Waals surface area contributed by atoms with Crippen LogP contribution in [0.1, 0.15) is 5.56 Å². The van der Waals surface area contributed by atoms with E-state index in [9.17, 15) is 31.1 Å². The van der Waals surface area contributed by atoms with Crippen molar-refractivity contribution < 1.29 is 45.3 Å². The Hall–Kier alpha value is -3.30. The molecule has 0 unspecified atom stereocenters. The van der Waals surface area contributed by atoms with Crippen LogP contribution >= 0.6 is 0 Å². The average Bonchev–Trinajstić information content (AvgIpc) is 3.21. The van der Waals surface area contributed by atoms with Gasteiger partial charge in [-0.25, -0.2) is 22.9 Å². The molecule has 15 heteroatoms. The van der Waals surface area contributed by atoms with E-state index in [4.69, 9.17) is 14.2 Å². The quantitative estimate of drug-likeness (QED) is 0.165. The monoisotopic (exact) mass is 590 g/mol. The van der Waals surface area contributed by atoms with Crippen LogP contribution in [0.15, 0.2) is 30.6 Å². The summed E-state index contributed by atoms with van der Waals surface area (Å²) in [6.07, 6.45) is -2.86. The summed E-state index contributed by atoms with van der Waals surface area (Å²) in [5.41, 5.74) is -3.29. The third-order valence-corrected chi connectivity index (χ3v) is 7.71. The third kappa shape index (κ3) is 7.06. The maximum Gasteiger partial charge on any atom is 0.418 e. The molecule has 0 radical (unpaired) electrons. The highest BCUT2D eigenvalue weighted by molar-refractivity contribution is 6.76. The smallest absolute Gasteiger partial charge is 0.418 e. The number of fused-ring (bicyclic) bond motifs is 1. The number of hydrogen-bond donors (Lipinski definition) is 2. The van der Waals surface area contributed by atoms with Gasteiger partial charge in [-0.05, 0) is 12.1 Å². The van der Waals surface area contributed by atoms with E-state index < -0.39 is 60.0 Å². The second-order valence-corrected chi connectivity index (χ2v) is 16.3. The predicted molar refractivity (Wildman–Crippen MR) is 137 cm³/mol. The molecule has 2 N–H and O–H groups in total. The van der Waals surface area contributed by atoms with Gasteiger partial charge in [0, 0.05) is 44.9 Å². The number of aromatic nitrogens is 2. The molecule has 2 aromatic heterocycles. The lowest BCUT2D eigenvalue weighted by Gasteiger charge is -2.33. The van der Waals surface area contributed by atoms with Crippen LogP contribution in [0, 0.1) is 11.6 Å². The Balaban J connectivity index is 1.55. The van der Waals surface area contributed by atoms with Crippen LogP contribution in [-0.4, -0.2) is 55.7 Å². The Morgan fingerprint density at radius 3 is 2.45 bits per heavy atom. The summed E-state index contributed by atoms with van der Waals surface area (Å²) in [5.74, 6) is -4.06. The summed E-state index contributed by atoms with van der Waals surface area (Å²) < 4.78 is 102. The zero-order valence-electron chi connectivity index (χ0n) is 21.9. The number of ether oxygens (including phenoxy) is 3. The van der Waals surface area contributed by atoms with Gasteiger partial charge in [-0.2, -0.15) is 13.2 Å². The highest BCUT2D eigenvalue weighted by Crippen LogP contribution is 2.42. The van der Waals surface area contributed by atoms with Crippen molar-refractivity contribution >= 4 is 30.8 Å². The number of halogens is 6. The molecule has 4 rings (SSSR count). The normalized spacial score (nSPS) is 15.1. The minimum absolute atomic E-state index is 0.142. The molecule has 3 aromatic rings. The number of alkyl halides is 4. The average molecular weight is 591 g/mol. The fourth-order valence-electron chi connectivity index (χ4n) is 3.80. The van der Waals surface area contributed by atoms with Crippen LogP contribution < -0.4 is 15.4 Å². The molecule has 1 aliphatic rings. The van der Waals surface area contributed by atoms with Gasteiger partial charge >= 0.3 is 12.2 Å². The molecule has 1 fully saturated rings. The first-order valence-electron chi connectivity index (χ1n) is 12.3. The number of anilines is 1. The standard InChI is InChI=1S/C25H28F6N4O4Si/c1-40(2,3)7-6-37-14-35-10-16(25(29,30)31)20-19(4-5-32-22(20)35)39-21-17(26)8-15(9-18(21)27)34-23(36)33-11-24(28)12-38-13-24/h4-5,8-10H,6-7,11-14H2,1-3H3,(H2,33,34,36). The first kappa shape index (κ1) is 29.7. The Bertz CT molecular complexity index is 1370. The van der Waals surface area contributed by atoms with Crippen LogP contribution in [0.2, 0.25) is 25.7 Å². The molecule has 3 heterocycles. The third-order valence-electron chi connectivity index (χ3n) is 6.01. The summed E-state index contributed by atoms with van der Waals surface area (Å²) in [4.78, 5) is 16.0. The molecular formula is C25H28F6N4O4Si. The Kier molecular flexibility index (Phi) is 8.38. The predicted octanol–water partition coefficient (Wildman–Crippen LogP) is 6.30. The van der Waals surface area contributed by atoms with E-state index in [2.05, 4.69) is 35.3 Å². The highest BCUT2D eigenvalue weighted by Gasteiger charge is 2.39. The number of amides is 2. The van der Waals surface area contributed by atoms with Crippen LogP contribution in [0.5, 0.6) is 11.5 Å². The van der Waals surface area contributed by atoms with E-state index in [1.165, 1.54) is 0 Å². The molecule has 2 amide bonds. The number of nitrogens with one attached hydrogen (secondary N) is 2. The summed E-state index contributed by atoms with van der Waals surface area (Å²) in [6.45, 7) is 5.81. The zero-order valence-corrected chi connectivity index (χ0v) is 22.9. The van der Waals surface area contributed by atoms with Gasteiger partial charge in [-0.3, -0.25) is 0 Å². The summed E-state index contributed by atoms with van der Waals surface area (Å²) in [5, 5.41) is 3.90. The van der Waals surface area contributed by atoms with Gasteiger partial charge in [-0.15, -0.1) is 0 Å². The van der Waals surface area contributed by atoms with E-state index in [1.807, 2.05) is 0 Å². The van der Waals surface area contributed by atoms with Gasteiger partial charge in [0.15, 0.2) is 23.1 Å². The van der Waals surface area contributed by atoms with Gasteiger partial charge < -0.3 is 29.4 Å². The number of carbonyl (C=O) groups is 1. The lowest BCUT2D eigenvalue weighted by molar-refractivity contribution is -0.136. The zero-order chi connectivity index (χ0) is 29.3. The molecule has 0 spiro atoms. The van der Waals surface area contributed by atoms with Gasteiger partial charge in [0.25, 0.3) is 0 Å². The van der Waals surface area contributed by atoms with Crippen molar-refractivity contribution in [2.75, 3.05) is 31.7 Å². The van der Waals surface area contributed by atoms with E-state index >= 15 is 0 Å². The summed E-state index contributed by atoms with van der Waals surface area (Å²) in [7, 11) is -1.43. The SMILES string of the molecule is C[Si](C)(C)CCOCn1cc(C(F)(F)F)c2c(Oc3c(F)cc(NC(=O)NCC4(F)COC4)cc3F)ccnc21. The number of hydrogen-bond acceptors (Lipinski definition) is 5. The van der Waals surface area contributed by atoms with E-state index in [-0.39, 0.29) is 37.8 Å². The van der Waals surface area contributed by atoms with Crippen LogP contribution in [0.3, 0.4) is 0 Å². The Morgan fingerprint density at radius 2 is 1.88 bits per heavy atom. The topological polar surface area (TPSA) is 86.6 Å². The van der Waals surface area contributed by atoms with Crippen molar-refractivity contribution in [2.24, 2.45) is 0 Å². The molecule has 0 bridgehead atoms. The number of carbonyl (C=O) groups excluding carboxylic acids is 1. The van der Waals surface area contributed by atoms with Crippen LogP contribution in [0.4, 0.5) is 36.8 Å². The van der Waals surface area contributed by atoms with Crippen molar-refractivity contribution in [1.82, 2.24) is 14.9 Å². The molecule has 1 aliphatic heterocycles. The summed E-state index contributed by atoms with van der Waals surface area (Å²) >= 11 is 0. The van der Waals surface area contributed by atoms with Crippen molar-refractivity contribution in [3.8, 4) is 11.5 Å². The number of benzene rings is 1. The second kappa shape index (κ2) is 11.3. The van der Waals surface area contributed by atoms with E-state index in [0.717, 1.165) is 41.2 Å². The number of pyridine rings is 1. The fourth-order valence-corrected chi connectivity index (χ4v) is 4.56. The maximum atomic E-state index is 14.9. The minimum atomic E-state index is -4.83. The molecule has 1 aromatic carbocycles. The van der Waals surface area contributed by atoms with Gasteiger partial charge in [0.05, 0.1) is 30.7 Å². The Morgan fingerprint density at radius 1 is 1.20 bits per heavy atom. The van der Waals surface area contributed by atoms with Crippen molar-refractivity contribution in [2.45, 2.75) is 44.3 Å². The van der Waals surface area contributed by atoms with Crippen LogP contribution in [0.25, 0.3) is 11.0 Å². The molecule has 0 aliphatic carbocycles. The number of nitrogens with zero attached hydrogens (tertiary/aromatic N) is 2. The van der Waals surface area contributed by atoms with E-state index in [0.29, 0.717) is 6.61 Å². The first-order valence-corrected chi connectivity index (χ1v) is 16.0. The number of urea groups is 1. The molecule has 1 saturated heterocycles. The largest absolute Gasteiger partial charge is 0.450 e. The minimum Gasteiger partial charge on any atom is -0.450 e. The Labute approximate surface area is 226 Å². The van der Waals surface area contributed by atoms with Gasteiger partial charge in [-0.1, -0.05) is 19.6 Å². The first-order chi connectivity index (χ1) is 18.7. The molecule has 40 heavy (non-hydrogen) atoms. The van der Waals surface area contributed by atoms with E-state index in [1.54, 1.807) is 0 Å². The highest BCUT2D eigenvalue weighted by atomic mass is 28.3. The van der Waals surface area contributed by atoms with Crippen LogP contribution in [-0.2, 0) is 22.4 Å². The molecular weight excluding hydrogens is 562 g/mol. The van der Waals surface area contributed by atoms with Gasteiger partial charge in [0.1, 0.15) is 18.1 Å². The summed E-state index contributed by atoms with van der Waals surface area (Å²) in [6, 6.07) is 2.38. The van der Waals surface area contributed by atoms with Crippen molar-refractivity contribution in [1.29, 1.82) is 0 Å². The number of rotatable bonds is 10. The van der Waals surface area contributed by atoms with Crippen molar-refractivity contribution in [3.05, 3.63) is 47.8 Å². The molecule has 218 valence electrons. The van der Waals surface area contributed by atoms with Crippen molar-refractivity contribution in [3.63, 3.8) is 0 Å². The second-order valence-electron chi connectivity index (χ2n) is 10.7. The van der Waals surface area contributed by atoms with Gasteiger partial charge in [0.2, 0.25) is 0 Å². The maximum absolute atomic E-state index is 14.9. The lowest BCUT2D eigenvalue weighted by atomic mass is 10.1. The lowest BCUT2D eigenvalue weighted by Crippen LogP contribution is -2.54. The molecule has 0 saturated carbocycles. The fraction of sp³-hybridized carbons (Fsp3) is 0.440.